The molecule has 5 rings (SSSR count). The van der Waals surface area contributed by atoms with Crippen LogP contribution in [0.3, 0.4) is 0 Å². The molecule has 0 aromatic heterocycles. The van der Waals surface area contributed by atoms with Crippen LogP contribution in [0.4, 0.5) is 0 Å². The Kier molecular flexibility index (Phi) is 19.7. The average molecular weight is 691 g/mol. The van der Waals surface area contributed by atoms with Gasteiger partial charge in [0.2, 0.25) is 0 Å². The molecule has 8 N–H and O–H groups in total. The third-order valence-electron chi connectivity index (χ3n) is 5.54. The number of phenols is 3. The molecule has 0 saturated carbocycles. The van der Waals surface area contributed by atoms with Gasteiger partial charge >= 0.3 is 17.9 Å². The van der Waals surface area contributed by atoms with E-state index in [1.807, 2.05) is 48.5 Å². The highest BCUT2D eigenvalue weighted by atomic mass is 16.6. The second kappa shape index (κ2) is 23.7. The molecule has 0 saturated heterocycles. The largest absolute Gasteiger partial charge is 0.508 e. The summed E-state index contributed by atoms with van der Waals surface area (Å²) in [6.45, 7) is 2.01. The fraction of sp³-hybridized carbons (Fsp3) is 0.108. The molecule has 1 unspecified atom stereocenters. The smallest absolute Gasteiger partial charge is 0.339 e. The summed E-state index contributed by atoms with van der Waals surface area (Å²) in [4.78, 5) is 30.8. The normalized spacial score (nSPS) is 9.90. The van der Waals surface area contributed by atoms with Crippen LogP contribution in [0.15, 0.2) is 133 Å². The van der Waals surface area contributed by atoms with E-state index in [0.29, 0.717) is 12.4 Å². The van der Waals surface area contributed by atoms with Crippen LogP contribution in [0, 0.1) is 0 Å². The maximum atomic E-state index is 10.3. The molecular weight excluding hydrogens is 652 g/mol. The van der Waals surface area contributed by atoms with Gasteiger partial charge in [0.05, 0.1) is 12.2 Å². The molecule has 1 atom stereocenters. The monoisotopic (exact) mass is 690 g/mol. The Morgan fingerprint density at radius 2 is 0.960 bits per heavy atom. The highest BCUT2D eigenvalue weighted by molar-refractivity contribution is 5.91. The van der Waals surface area contributed by atoms with Gasteiger partial charge in [-0.3, -0.25) is 0 Å². The first-order valence-corrected chi connectivity index (χ1v) is 14.6. The van der Waals surface area contributed by atoms with Gasteiger partial charge in [0.15, 0.2) is 6.29 Å². The Labute approximate surface area is 287 Å². The van der Waals surface area contributed by atoms with E-state index in [0.717, 1.165) is 5.75 Å². The number of carbonyl (C=O) groups is 3. The standard InChI is InChI=1S/2C8H10O2.3C7H6O3/c1-7(9)10-8-5-3-2-4-6-8;9-6-7-10-8-4-2-1-3-5-8;8-6-3-1-5(2-4-6)7(9)10;2*8-6-4-2-1-3-5(6)7(9)10/h2-7,9H,1H3;1-5,9H,6-7H2;3*1-4,8H,(H,9,10). The summed E-state index contributed by atoms with van der Waals surface area (Å²) >= 11 is 0. The molecule has 13 heteroatoms. The molecule has 50 heavy (non-hydrogen) atoms. The number of phenolic OH excluding ortho intramolecular Hbond substituents is 1. The van der Waals surface area contributed by atoms with Gasteiger partial charge in [0.25, 0.3) is 0 Å². The van der Waals surface area contributed by atoms with Gasteiger partial charge in [0, 0.05) is 0 Å². The summed E-state index contributed by atoms with van der Waals surface area (Å²) in [7, 11) is 0. The third-order valence-corrected chi connectivity index (χ3v) is 5.54. The minimum absolute atomic E-state index is 0.0644. The van der Waals surface area contributed by atoms with Gasteiger partial charge in [-0.15, -0.1) is 0 Å². The van der Waals surface area contributed by atoms with Gasteiger partial charge in [0.1, 0.15) is 46.5 Å². The molecule has 0 aliphatic heterocycles. The lowest BCUT2D eigenvalue weighted by Crippen LogP contribution is -2.08. The lowest BCUT2D eigenvalue weighted by atomic mass is 10.2. The molecule has 0 amide bonds. The van der Waals surface area contributed by atoms with Crippen LogP contribution in [0.25, 0.3) is 0 Å². The average Bonchev–Trinajstić information content (AvgIpc) is 3.09. The van der Waals surface area contributed by atoms with Crippen LogP contribution in [-0.2, 0) is 0 Å². The number of carboxylic acids is 3. The number of aliphatic hydroxyl groups excluding tert-OH is 2. The number of hydrogen-bond acceptors (Lipinski definition) is 10. The molecule has 13 nitrogen and oxygen atoms in total. The van der Waals surface area contributed by atoms with Crippen molar-refractivity contribution in [3.63, 3.8) is 0 Å². The Bertz CT molecular complexity index is 1640. The molecule has 0 heterocycles. The van der Waals surface area contributed by atoms with Crippen LogP contribution in [-0.4, -0.2) is 78.3 Å². The van der Waals surface area contributed by atoms with Gasteiger partial charge in [-0.05, 0) is 79.7 Å². The van der Waals surface area contributed by atoms with E-state index >= 15 is 0 Å². The lowest BCUT2D eigenvalue weighted by molar-refractivity contribution is -0.000320. The Morgan fingerprint density at radius 1 is 0.560 bits per heavy atom. The Balaban J connectivity index is 0.000000312. The zero-order chi connectivity index (χ0) is 37.3. The molecule has 5 aromatic rings. The van der Waals surface area contributed by atoms with E-state index in [4.69, 9.17) is 50.3 Å². The van der Waals surface area contributed by atoms with E-state index in [-0.39, 0.29) is 40.5 Å². The summed E-state index contributed by atoms with van der Waals surface area (Å²) < 4.78 is 10.1. The SMILES string of the molecule is CC(O)Oc1ccccc1.O=C(O)c1ccc(O)cc1.O=C(O)c1ccccc1O.O=C(O)c1ccccc1O.OCCOc1ccccc1. The molecule has 0 spiro atoms. The molecule has 0 bridgehead atoms. The van der Waals surface area contributed by atoms with Crippen molar-refractivity contribution in [3.8, 4) is 28.7 Å². The highest BCUT2D eigenvalue weighted by Crippen LogP contribution is 2.15. The number of rotatable bonds is 8. The van der Waals surface area contributed by atoms with Gasteiger partial charge in [-0.1, -0.05) is 60.7 Å². The minimum atomic E-state index is -1.11. The number of para-hydroxylation sites is 4. The number of aromatic carboxylic acids is 3. The zero-order valence-corrected chi connectivity index (χ0v) is 26.8. The molecule has 0 radical (unpaired) electrons. The van der Waals surface area contributed by atoms with Crippen LogP contribution < -0.4 is 9.47 Å². The second-order valence-electron chi connectivity index (χ2n) is 9.41. The first-order valence-electron chi connectivity index (χ1n) is 14.6. The van der Waals surface area contributed by atoms with Crippen molar-refractivity contribution in [2.45, 2.75) is 13.2 Å². The van der Waals surface area contributed by atoms with Crippen molar-refractivity contribution in [2.24, 2.45) is 0 Å². The third kappa shape index (κ3) is 17.9. The number of carboxylic acid groups (broad SMARTS) is 3. The zero-order valence-electron chi connectivity index (χ0n) is 26.8. The van der Waals surface area contributed by atoms with E-state index in [1.54, 1.807) is 43.3 Å². The first-order chi connectivity index (χ1) is 23.8. The van der Waals surface area contributed by atoms with Gasteiger partial charge in [-0.2, -0.15) is 0 Å². The van der Waals surface area contributed by atoms with Crippen molar-refractivity contribution in [3.05, 3.63) is 150 Å². The minimum Gasteiger partial charge on any atom is -0.508 e. The number of benzene rings is 5. The van der Waals surface area contributed by atoms with E-state index in [1.165, 1.54) is 48.5 Å². The van der Waals surface area contributed by atoms with Gasteiger partial charge in [-0.25, -0.2) is 14.4 Å². The fourth-order valence-electron chi connectivity index (χ4n) is 3.29. The van der Waals surface area contributed by atoms with Crippen molar-refractivity contribution in [1.29, 1.82) is 0 Å². The summed E-state index contributed by atoms with van der Waals surface area (Å²) in [6, 6.07) is 35.6. The lowest BCUT2D eigenvalue weighted by Gasteiger charge is -2.06. The Morgan fingerprint density at radius 3 is 1.30 bits per heavy atom. The summed E-state index contributed by atoms with van der Waals surface area (Å²) in [5.41, 5.74) is 0.0443. The number of aliphatic hydroxyl groups is 2. The van der Waals surface area contributed by atoms with Crippen LogP contribution in [0.5, 0.6) is 28.7 Å². The predicted octanol–water partition coefficient (Wildman–Crippen LogP) is 5.73. The molecule has 0 aliphatic carbocycles. The van der Waals surface area contributed by atoms with Crippen molar-refractivity contribution < 1.29 is 64.7 Å². The molecule has 0 aliphatic rings. The van der Waals surface area contributed by atoms with Crippen molar-refractivity contribution in [2.75, 3.05) is 13.2 Å². The quantitative estimate of drug-likeness (QED) is 0.0910. The van der Waals surface area contributed by atoms with Crippen molar-refractivity contribution in [1.82, 2.24) is 0 Å². The Hall–Kier alpha value is -6.57. The van der Waals surface area contributed by atoms with Crippen molar-refractivity contribution >= 4 is 17.9 Å². The summed E-state index contributed by atoms with van der Waals surface area (Å²) in [6.07, 6.45) is -0.734. The van der Waals surface area contributed by atoms with Crippen LogP contribution in [0.1, 0.15) is 38.0 Å². The highest BCUT2D eigenvalue weighted by Gasteiger charge is 2.06. The van der Waals surface area contributed by atoms with Crippen LogP contribution in [0.2, 0.25) is 0 Å². The molecule has 0 fully saturated rings. The summed E-state index contributed by atoms with van der Waals surface area (Å²) in [5.74, 6) is -2.04. The summed E-state index contributed by atoms with van der Waals surface area (Å²) in [5, 5.41) is 68.9. The first kappa shape index (κ1) is 41.5. The predicted molar refractivity (Wildman–Crippen MR) is 183 cm³/mol. The fourth-order valence-corrected chi connectivity index (χ4v) is 3.29. The maximum absolute atomic E-state index is 10.3. The number of hydrogen-bond donors (Lipinski definition) is 8. The number of ether oxygens (including phenoxy) is 2. The molecule has 5 aromatic carbocycles. The van der Waals surface area contributed by atoms with E-state index in [9.17, 15) is 14.4 Å². The van der Waals surface area contributed by atoms with E-state index in [2.05, 4.69) is 0 Å². The maximum Gasteiger partial charge on any atom is 0.339 e. The van der Waals surface area contributed by atoms with E-state index < -0.39 is 24.2 Å². The second-order valence-corrected chi connectivity index (χ2v) is 9.41. The molecular formula is C37H38O13. The van der Waals surface area contributed by atoms with Gasteiger partial charge < -0.3 is 50.3 Å². The van der Waals surface area contributed by atoms with Crippen LogP contribution >= 0.6 is 0 Å². The number of aromatic hydroxyl groups is 3. The molecule has 264 valence electrons. The topological polar surface area (TPSA) is 232 Å².